The molecule has 0 saturated heterocycles. The molecule has 0 fully saturated rings. The minimum atomic E-state index is 0.543. The van der Waals surface area contributed by atoms with Gasteiger partial charge in [-0.15, -0.1) is 0 Å². The highest BCUT2D eigenvalue weighted by atomic mass is 16.5. The highest BCUT2D eigenvalue weighted by molar-refractivity contribution is 6.05. The minimum Gasteiger partial charge on any atom is -0.456 e. The van der Waals surface area contributed by atoms with Crippen LogP contribution in [-0.2, 0) is 4.74 Å². The van der Waals surface area contributed by atoms with Gasteiger partial charge >= 0.3 is 0 Å². The molecule has 0 aliphatic rings. The molecule has 0 N–H and O–H groups in total. The molecule has 1 aromatic heterocycles. The fraction of sp³-hybridized carbons (Fsp3) is 0.125. The summed E-state index contributed by atoms with van der Waals surface area (Å²) in [5, 5.41) is 2.26. The highest BCUT2D eigenvalue weighted by Gasteiger charge is 2.07. The Balaban J connectivity index is 2.21. The number of hydrogen-bond donors (Lipinski definition) is 0. The van der Waals surface area contributed by atoms with Crippen molar-refractivity contribution in [3.05, 3.63) is 54.6 Å². The summed E-state index contributed by atoms with van der Waals surface area (Å²) in [7, 11) is 1.68. The quantitative estimate of drug-likeness (QED) is 0.680. The van der Waals surface area contributed by atoms with Crippen LogP contribution in [0.5, 0.6) is 0 Å². The monoisotopic (exact) mass is 238 g/mol. The number of fused-ring (bicyclic) bond motifs is 3. The lowest BCUT2D eigenvalue weighted by Crippen LogP contribution is -1.91. The summed E-state index contributed by atoms with van der Waals surface area (Å²) in [6, 6.07) is 14.2. The van der Waals surface area contributed by atoms with Crippen molar-refractivity contribution in [2.45, 2.75) is 0 Å². The Morgan fingerprint density at radius 2 is 1.89 bits per heavy atom. The summed E-state index contributed by atoms with van der Waals surface area (Å²) in [5.41, 5.74) is 3.90. The molecule has 0 spiro atoms. The van der Waals surface area contributed by atoms with Crippen LogP contribution >= 0.6 is 0 Å². The minimum absolute atomic E-state index is 0.543. The van der Waals surface area contributed by atoms with Crippen LogP contribution in [-0.4, -0.2) is 13.7 Å². The maximum atomic E-state index is 5.79. The van der Waals surface area contributed by atoms with Crippen LogP contribution in [0.25, 0.3) is 27.5 Å². The third-order valence-corrected chi connectivity index (χ3v) is 3.10. The molecular formula is C16H14O2. The molecule has 1 heterocycles. The molecule has 3 rings (SSSR count). The fourth-order valence-electron chi connectivity index (χ4n) is 2.20. The second-order valence-corrected chi connectivity index (χ2v) is 4.35. The van der Waals surface area contributed by atoms with Gasteiger partial charge in [0, 0.05) is 17.9 Å². The molecular weight excluding hydrogens is 224 g/mol. The molecule has 0 aliphatic heterocycles. The Morgan fingerprint density at radius 3 is 2.72 bits per heavy atom. The van der Waals surface area contributed by atoms with Gasteiger partial charge in [0.25, 0.3) is 0 Å². The van der Waals surface area contributed by atoms with E-state index in [9.17, 15) is 0 Å². The zero-order valence-corrected chi connectivity index (χ0v) is 10.3. The van der Waals surface area contributed by atoms with Crippen LogP contribution in [0.1, 0.15) is 5.56 Å². The smallest absolute Gasteiger partial charge is 0.135 e. The molecule has 0 aliphatic carbocycles. The first kappa shape index (κ1) is 11.1. The van der Waals surface area contributed by atoms with E-state index in [4.69, 9.17) is 9.15 Å². The lowest BCUT2D eigenvalue weighted by molar-refractivity contribution is 0.240. The molecule has 0 amide bonds. The Kier molecular flexibility index (Phi) is 2.65. The van der Waals surface area contributed by atoms with Crippen molar-refractivity contribution in [3.63, 3.8) is 0 Å². The third-order valence-electron chi connectivity index (χ3n) is 3.10. The molecule has 0 atom stereocenters. The Labute approximate surface area is 105 Å². The summed E-state index contributed by atoms with van der Waals surface area (Å²) >= 11 is 0. The molecule has 0 radical (unpaired) electrons. The predicted octanol–water partition coefficient (Wildman–Crippen LogP) is 4.25. The summed E-state index contributed by atoms with van der Waals surface area (Å²) in [6.45, 7) is 4.57. The highest BCUT2D eigenvalue weighted by Crippen LogP contribution is 2.30. The molecule has 18 heavy (non-hydrogen) atoms. The first-order valence-electron chi connectivity index (χ1n) is 5.88. The van der Waals surface area contributed by atoms with E-state index in [1.165, 1.54) is 0 Å². The van der Waals surface area contributed by atoms with E-state index in [1.54, 1.807) is 7.11 Å². The maximum Gasteiger partial charge on any atom is 0.135 e. The van der Waals surface area contributed by atoms with Crippen molar-refractivity contribution < 1.29 is 9.15 Å². The van der Waals surface area contributed by atoms with Gasteiger partial charge in [0.2, 0.25) is 0 Å². The van der Waals surface area contributed by atoms with Crippen molar-refractivity contribution in [3.8, 4) is 0 Å². The molecule has 3 aromatic rings. The Hall–Kier alpha value is -2.06. The van der Waals surface area contributed by atoms with E-state index in [1.807, 2.05) is 30.3 Å². The van der Waals surface area contributed by atoms with Gasteiger partial charge in [0.15, 0.2) is 0 Å². The van der Waals surface area contributed by atoms with Gasteiger partial charge < -0.3 is 9.15 Å². The number of furan rings is 1. The standard InChI is InChI=1S/C16H14O2/c1-11(10-17-2)12-7-8-16-14(9-12)13-5-3-4-6-15(13)18-16/h3-9H,1,10H2,2H3. The summed E-state index contributed by atoms with van der Waals surface area (Å²) in [5.74, 6) is 0. The van der Waals surface area contributed by atoms with Crippen LogP contribution in [0.15, 0.2) is 53.5 Å². The normalized spacial score (nSPS) is 11.2. The predicted molar refractivity (Wildman–Crippen MR) is 74.6 cm³/mol. The fourth-order valence-corrected chi connectivity index (χ4v) is 2.20. The first-order chi connectivity index (χ1) is 8.79. The van der Waals surface area contributed by atoms with E-state index in [-0.39, 0.29) is 0 Å². The van der Waals surface area contributed by atoms with E-state index in [0.717, 1.165) is 33.1 Å². The number of benzene rings is 2. The van der Waals surface area contributed by atoms with Gasteiger partial charge in [-0.2, -0.15) is 0 Å². The zero-order chi connectivity index (χ0) is 12.5. The lowest BCUT2D eigenvalue weighted by atomic mass is 10.0. The number of para-hydroxylation sites is 1. The lowest BCUT2D eigenvalue weighted by Gasteiger charge is -2.04. The average Bonchev–Trinajstić information content (AvgIpc) is 2.76. The maximum absolute atomic E-state index is 5.79. The van der Waals surface area contributed by atoms with Crippen molar-refractivity contribution in [1.82, 2.24) is 0 Å². The number of rotatable bonds is 3. The van der Waals surface area contributed by atoms with Gasteiger partial charge in [0.05, 0.1) is 6.61 Å². The van der Waals surface area contributed by atoms with Gasteiger partial charge in [-0.25, -0.2) is 0 Å². The summed E-state index contributed by atoms with van der Waals surface area (Å²) in [6.07, 6.45) is 0. The SMILES string of the molecule is C=C(COC)c1ccc2oc3ccccc3c2c1. The first-order valence-corrected chi connectivity index (χ1v) is 5.88. The van der Waals surface area contributed by atoms with E-state index in [2.05, 4.69) is 18.7 Å². The molecule has 90 valence electrons. The van der Waals surface area contributed by atoms with Crippen molar-refractivity contribution in [1.29, 1.82) is 0 Å². The van der Waals surface area contributed by atoms with Crippen LogP contribution in [0.2, 0.25) is 0 Å². The number of ether oxygens (including phenoxy) is 1. The Bertz CT molecular complexity index is 722. The summed E-state index contributed by atoms with van der Waals surface area (Å²) < 4.78 is 10.9. The second-order valence-electron chi connectivity index (χ2n) is 4.35. The van der Waals surface area contributed by atoms with E-state index < -0.39 is 0 Å². The van der Waals surface area contributed by atoms with Crippen LogP contribution in [0.4, 0.5) is 0 Å². The van der Waals surface area contributed by atoms with Crippen molar-refractivity contribution in [2.24, 2.45) is 0 Å². The average molecular weight is 238 g/mol. The van der Waals surface area contributed by atoms with Crippen molar-refractivity contribution in [2.75, 3.05) is 13.7 Å². The zero-order valence-electron chi connectivity index (χ0n) is 10.3. The second kappa shape index (κ2) is 4.31. The molecule has 2 aromatic carbocycles. The van der Waals surface area contributed by atoms with Crippen LogP contribution in [0, 0.1) is 0 Å². The van der Waals surface area contributed by atoms with Crippen LogP contribution < -0.4 is 0 Å². The van der Waals surface area contributed by atoms with Gasteiger partial charge in [-0.3, -0.25) is 0 Å². The molecule has 2 heteroatoms. The Morgan fingerprint density at radius 1 is 1.11 bits per heavy atom. The number of hydrogen-bond acceptors (Lipinski definition) is 2. The third kappa shape index (κ3) is 1.71. The van der Waals surface area contributed by atoms with Gasteiger partial charge in [-0.1, -0.05) is 30.8 Å². The summed E-state index contributed by atoms with van der Waals surface area (Å²) in [4.78, 5) is 0. The largest absolute Gasteiger partial charge is 0.456 e. The van der Waals surface area contributed by atoms with Crippen molar-refractivity contribution >= 4 is 27.5 Å². The van der Waals surface area contributed by atoms with E-state index >= 15 is 0 Å². The molecule has 0 saturated carbocycles. The van der Waals surface area contributed by atoms with E-state index in [0.29, 0.717) is 6.61 Å². The van der Waals surface area contributed by atoms with Gasteiger partial charge in [-0.05, 0) is 29.3 Å². The van der Waals surface area contributed by atoms with Crippen LogP contribution in [0.3, 0.4) is 0 Å². The topological polar surface area (TPSA) is 22.4 Å². The van der Waals surface area contributed by atoms with Gasteiger partial charge in [0.1, 0.15) is 11.2 Å². The molecule has 2 nitrogen and oxygen atoms in total. The number of methoxy groups -OCH3 is 1. The molecule has 0 unspecified atom stereocenters. The molecule has 0 bridgehead atoms.